The minimum atomic E-state index is -1.34. The molecule has 11 heteroatoms. The molecule has 11 nitrogen and oxygen atoms in total. The maximum absolute atomic E-state index is 12.8. The van der Waals surface area contributed by atoms with Gasteiger partial charge in [0.2, 0.25) is 0 Å². The summed E-state index contributed by atoms with van der Waals surface area (Å²) in [4.78, 5) is 52.7. The normalized spacial score (nSPS) is 15.3. The summed E-state index contributed by atoms with van der Waals surface area (Å²) in [6, 6.07) is 4.66. The van der Waals surface area contributed by atoms with E-state index in [0.29, 0.717) is 11.2 Å². The van der Waals surface area contributed by atoms with Crippen molar-refractivity contribution < 1.29 is 28.6 Å². The maximum Gasteiger partial charge on any atom is 0.426 e. The summed E-state index contributed by atoms with van der Waals surface area (Å²) in [6.45, 7) is 6.23. The van der Waals surface area contributed by atoms with Crippen LogP contribution in [0.5, 0.6) is 0 Å². The summed E-state index contributed by atoms with van der Waals surface area (Å²) in [5.74, 6) is -2.74. The van der Waals surface area contributed by atoms with Crippen molar-refractivity contribution in [1.29, 1.82) is 0 Å². The molecule has 0 radical (unpaired) electrons. The highest BCUT2D eigenvalue weighted by molar-refractivity contribution is 6.15. The van der Waals surface area contributed by atoms with Gasteiger partial charge in [0.25, 0.3) is 11.3 Å². The Morgan fingerprint density at radius 2 is 1.90 bits per heavy atom. The smallest absolute Gasteiger partial charge is 0.426 e. The Labute approximate surface area is 170 Å². The fraction of sp³-hybridized carbons (Fsp3) is 0.316. The summed E-state index contributed by atoms with van der Waals surface area (Å²) >= 11 is 0. The van der Waals surface area contributed by atoms with E-state index >= 15 is 0 Å². The van der Waals surface area contributed by atoms with Crippen molar-refractivity contribution in [3.63, 3.8) is 0 Å². The number of amides is 1. The monoisotopic (exact) mass is 416 g/mol. The van der Waals surface area contributed by atoms with Crippen LogP contribution in [0.3, 0.4) is 0 Å². The second-order valence-electron chi connectivity index (χ2n) is 6.75. The number of anilines is 1. The van der Waals surface area contributed by atoms with Crippen LogP contribution in [0.1, 0.15) is 26.6 Å². The van der Waals surface area contributed by atoms with E-state index < -0.39 is 29.4 Å². The van der Waals surface area contributed by atoms with Gasteiger partial charge in [-0.05, 0) is 32.0 Å². The summed E-state index contributed by atoms with van der Waals surface area (Å²) < 4.78 is 15.8. The number of hydrogen-bond donors (Lipinski definition) is 2. The largest absolute Gasteiger partial charge is 0.449 e. The second kappa shape index (κ2) is 7.85. The van der Waals surface area contributed by atoms with Gasteiger partial charge < -0.3 is 19.5 Å². The molecule has 1 aromatic carbocycles. The van der Waals surface area contributed by atoms with Gasteiger partial charge in [-0.15, -0.1) is 0 Å². The number of rotatable bonds is 4. The number of hydrogen-bond acceptors (Lipinski definition) is 9. The molecule has 2 heterocycles. The molecule has 1 fully saturated rings. The van der Waals surface area contributed by atoms with Gasteiger partial charge in [-0.3, -0.25) is 4.79 Å². The van der Waals surface area contributed by atoms with Gasteiger partial charge in [-0.25, -0.2) is 24.8 Å². The molecule has 0 bridgehead atoms. The van der Waals surface area contributed by atoms with Crippen LogP contribution in [0.15, 0.2) is 34.8 Å². The minimum Gasteiger partial charge on any atom is -0.449 e. The predicted molar refractivity (Wildman–Crippen MR) is 105 cm³/mol. The van der Waals surface area contributed by atoms with Gasteiger partial charge in [-0.2, -0.15) is 4.68 Å². The quantitative estimate of drug-likeness (QED) is 0.432. The van der Waals surface area contributed by atoms with E-state index in [4.69, 9.17) is 14.2 Å². The summed E-state index contributed by atoms with van der Waals surface area (Å²) in [5.41, 5.74) is 2.26. The average Bonchev–Trinajstić information content (AvgIpc) is 2.64. The third-order valence-electron chi connectivity index (χ3n) is 4.01. The number of aromatic nitrogens is 2. The molecule has 0 aliphatic carbocycles. The Balaban J connectivity index is 1.91. The number of aryl methyl sites for hydroxylation is 1. The molecule has 0 atom stereocenters. The van der Waals surface area contributed by atoms with Crippen LogP contribution in [-0.2, 0) is 23.8 Å². The lowest BCUT2D eigenvalue weighted by atomic mass is 10.2. The number of esters is 2. The van der Waals surface area contributed by atoms with Crippen molar-refractivity contribution in [3.8, 4) is 0 Å². The average molecular weight is 416 g/mol. The number of nitrogens with zero attached hydrogens (tertiary/aromatic N) is 2. The van der Waals surface area contributed by atoms with Crippen LogP contribution >= 0.6 is 0 Å². The molecule has 158 valence electrons. The van der Waals surface area contributed by atoms with Crippen LogP contribution in [-0.4, -0.2) is 40.1 Å². The van der Waals surface area contributed by atoms with Crippen molar-refractivity contribution in [2.24, 2.45) is 0 Å². The number of nitrogens with one attached hydrogen (secondary N) is 2. The predicted octanol–water partition coefficient (Wildman–Crippen LogP) is 1.54. The Morgan fingerprint density at radius 1 is 1.23 bits per heavy atom. The van der Waals surface area contributed by atoms with E-state index in [1.165, 1.54) is 19.9 Å². The first kappa shape index (κ1) is 20.8. The fourth-order valence-corrected chi connectivity index (χ4v) is 2.71. The Kier molecular flexibility index (Phi) is 5.45. The summed E-state index contributed by atoms with van der Waals surface area (Å²) in [6.07, 6.45) is 0.345. The third kappa shape index (κ3) is 4.24. The topological polar surface area (TPSA) is 138 Å². The summed E-state index contributed by atoms with van der Waals surface area (Å²) in [7, 11) is 0. The molecular weight excluding hydrogens is 396 g/mol. The Morgan fingerprint density at radius 3 is 2.53 bits per heavy atom. The van der Waals surface area contributed by atoms with E-state index in [-0.39, 0.29) is 23.4 Å². The van der Waals surface area contributed by atoms with Gasteiger partial charge in [-0.1, -0.05) is 0 Å². The standard InChI is InChI=1S/C19H20N4O7/c1-5-28-18(27)22-23-10(2)21-14-7-6-11(8-12(14)15(23)24)20-9-13-16(25)29-19(3,4)30-17(13)26/h6-9,20H,5H2,1-4H3,(H,22,27). The Bertz CT molecular complexity index is 1110. The zero-order valence-corrected chi connectivity index (χ0v) is 16.8. The molecule has 1 aliphatic heterocycles. The highest BCUT2D eigenvalue weighted by atomic mass is 16.7. The lowest BCUT2D eigenvalue weighted by Crippen LogP contribution is -2.42. The van der Waals surface area contributed by atoms with Crippen molar-refractivity contribution in [2.75, 3.05) is 17.3 Å². The zero-order chi connectivity index (χ0) is 22.1. The minimum absolute atomic E-state index is 0.144. The van der Waals surface area contributed by atoms with Crippen LogP contribution < -0.4 is 16.3 Å². The van der Waals surface area contributed by atoms with Crippen LogP contribution in [0.25, 0.3) is 10.9 Å². The molecule has 3 rings (SSSR count). The lowest BCUT2D eigenvalue weighted by molar-refractivity contribution is -0.222. The highest BCUT2D eigenvalue weighted by Gasteiger charge is 2.38. The van der Waals surface area contributed by atoms with Crippen molar-refractivity contribution >= 4 is 34.6 Å². The van der Waals surface area contributed by atoms with Gasteiger partial charge in [0.05, 0.1) is 17.5 Å². The van der Waals surface area contributed by atoms with E-state index in [0.717, 1.165) is 10.9 Å². The molecule has 2 aromatic rings. The molecular formula is C19H20N4O7. The maximum atomic E-state index is 12.8. The molecule has 1 aromatic heterocycles. The molecule has 30 heavy (non-hydrogen) atoms. The van der Waals surface area contributed by atoms with E-state index in [1.54, 1.807) is 26.0 Å². The molecule has 2 N–H and O–H groups in total. The van der Waals surface area contributed by atoms with Crippen LogP contribution in [0.2, 0.25) is 0 Å². The number of fused-ring (bicyclic) bond motifs is 1. The van der Waals surface area contributed by atoms with Gasteiger partial charge in [0, 0.05) is 25.7 Å². The van der Waals surface area contributed by atoms with E-state index in [1.807, 2.05) is 0 Å². The second-order valence-corrected chi connectivity index (χ2v) is 6.75. The van der Waals surface area contributed by atoms with Gasteiger partial charge in [0.15, 0.2) is 5.57 Å². The number of cyclic esters (lactones) is 2. The third-order valence-corrected chi connectivity index (χ3v) is 4.01. The first-order valence-corrected chi connectivity index (χ1v) is 9.02. The first-order chi connectivity index (χ1) is 14.1. The first-order valence-electron chi connectivity index (χ1n) is 9.02. The zero-order valence-electron chi connectivity index (χ0n) is 16.8. The molecule has 1 amide bonds. The molecule has 1 saturated heterocycles. The number of benzene rings is 1. The van der Waals surface area contributed by atoms with Crippen molar-refractivity contribution in [1.82, 2.24) is 9.66 Å². The number of carbonyl (C=O) groups is 3. The van der Waals surface area contributed by atoms with E-state index in [2.05, 4.69) is 15.7 Å². The van der Waals surface area contributed by atoms with E-state index in [9.17, 15) is 19.2 Å². The SMILES string of the molecule is CCOC(=O)Nn1c(C)nc2ccc(NC=C3C(=O)OC(C)(C)OC3=O)cc2c1=O. The van der Waals surface area contributed by atoms with Crippen molar-refractivity contribution in [2.45, 2.75) is 33.5 Å². The van der Waals surface area contributed by atoms with Gasteiger partial charge >= 0.3 is 18.0 Å². The fourth-order valence-electron chi connectivity index (χ4n) is 2.71. The Hall–Kier alpha value is -3.89. The number of ether oxygens (including phenoxy) is 3. The van der Waals surface area contributed by atoms with Crippen molar-refractivity contribution in [3.05, 3.63) is 46.2 Å². The van der Waals surface area contributed by atoms with Crippen LogP contribution in [0, 0.1) is 6.92 Å². The summed E-state index contributed by atoms with van der Waals surface area (Å²) in [5, 5.41) is 2.96. The van der Waals surface area contributed by atoms with Crippen LogP contribution in [0.4, 0.5) is 10.5 Å². The highest BCUT2D eigenvalue weighted by Crippen LogP contribution is 2.23. The lowest BCUT2D eigenvalue weighted by Gasteiger charge is -2.29. The molecule has 0 spiro atoms. The molecule has 0 saturated carbocycles. The van der Waals surface area contributed by atoms with Gasteiger partial charge in [0.1, 0.15) is 5.82 Å². The molecule has 1 aliphatic rings. The number of carbonyl (C=O) groups excluding carboxylic acids is 3. The molecule has 0 unspecified atom stereocenters.